The van der Waals surface area contributed by atoms with Crippen LogP contribution in [-0.4, -0.2) is 31.0 Å². The van der Waals surface area contributed by atoms with Gasteiger partial charge in [0.25, 0.3) is 5.91 Å². The highest BCUT2D eigenvalue weighted by molar-refractivity contribution is 6.31. The van der Waals surface area contributed by atoms with Crippen molar-refractivity contribution in [2.45, 2.75) is 25.8 Å². The highest BCUT2D eigenvalue weighted by Crippen LogP contribution is 2.37. The Kier molecular flexibility index (Phi) is 4.50. The number of carbonyl (C=O) groups is 1. The van der Waals surface area contributed by atoms with Crippen LogP contribution in [0.25, 0.3) is 11.1 Å². The van der Waals surface area contributed by atoms with Crippen molar-refractivity contribution in [1.29, 1.82) is 0 Å². The van der Waals surface area contributed by atoms with Gasteiger partial charge >= 0.3 is 0 Å². The van der Waals surface area contributed by atoms with E-state index in [1.165, 1.54) is 19.2 Å². The van der Waals surface area contributed by atoms with Gasteiger partial charge in [0, 0.05) is 34.8 Å². The minimum absolute atomic E-state index is 0.101. The van der Waals surface area contributed by atoms with Crippen LogP contribution in [0.1, 0.15) is 28.8 Å². The third kappa shape index (κ3) is 3.11. The first-order valence-electron chi connectivity index (χ1n) is 7.83. The number of benzene rings is 2. The quantitative estimate of drug-likeness (QED) is 0.802. The van der Waals surface area contributed by atoms with Gasteiger partial charge in [0.05, 0.1) is 7.11 Å². The van der Waals surface area contributed by atoms with Crippen molar-refractivity contribution in [3.63, 3.8) is 0 Å². The predicted octanol–water partition coefficient (Wildman–Crippen LogP) is 4.70. The zero-order chi connectivity index (χ0) is 17.4. The molecule has 5 heteroatoms. The van der Waals surface area contributed by atoms with E-state index in [0.717, 1.165) is 18.4 Å². The molecule has 3 nitrogen and oxygen atoms in total. The van der Waals surface area contributed by atoms with Gasteiger partial charge in [-0.2, -0.15) is 0 Å². The number of hydrogen-bond donors (Lipinski definition) is 0. The van der Waals surface area contributed by atoms with Crippen molar-refractivity contribution in [1.82, 2.24) is 4.90 Å². The lowest BCUT2D eigenvalue weighted by atomic mass is 9.99. The summed E-state index contributed by atoms with van der Waals surface area (Å²) in [5.74, 6) is 0.00529. The van der Waals surface area contributed by atoms with Gasteiger partial charge in [-0.3, -0.25) is 4.79 Å². The third-order valence-corrected chi connectivity index (χ3v) is 4.81. The molecule has 3 rings (SSSR count). The van der Waals surface area contributed by atoms with Crippen LogP contribution in [0.5, 0.6) is 5.75 Å². The largest absolute Gasteiger partial charge is 0.496 e. The Hall–Kier alpha value is -2.07. The lowest BCUT2D eigenvalue weighted by molar-refractivity contribution is 0.0785. The molecule has 1 saturated carbocycles. The SMILES string of the molecule is COc1cc(C)c(Cl)cc1-c1cc(C(=O)N(C)C2CC2)ccc1F. The minimum atomic E-state index is -0.418. The number of ether oxygens (including phenoxy) is 1. The molecule has 1 aliphatic rings. The van der Waals surface area contributed by atoms with Crippen molar-refractivity contribution in [3.05, 3.63) is 52.3 Å². The van der Waals surface area contributed by atoms with E-state index in [1.54, 1.807) is 30.1 Å². The van der Waals surface area contributed by atoms with Crippen molar-refractivity contribution < 1.29 is 13.9 Å². The fourth-order valence-electron chi connectivity index (χ4n) is 2.73. The van der Waals surface area contributed by atoms with Gasteiger partial charge in [0.1, 0.15) is 11.6 Å². The molecule has 2 aromatic carbocycles. The number of rotatable bonds is 4. The molecule has 126 valence electrons. The van der Waals surface area contributed by atoms with E-state index in [9.17, 15) is 9.18 Å². The molecule has 2 aromatic rings. The van der Waals surface area contributed by atoms with Crippen LogP contribution in [0.3, 0.4) is 0 Å². The molecule has 0 radical (unpaired) electrons. The maximum atomic E-state index is 14.4. The highest BCUT2D eigenvalue weighted by atomic mass is 35.5. The molecule has 0 heterocycles. The van der Waals surface area contributed by atoms with Crippen LogP contribution in [0, 0.1) is 12.7 Å². The summed E-state index contributed by atoms with van der Waals surface area (Å²) < 4.78 is 19.8. The number of carbonyl (C=O) groups excluding carboxylic acids is 1. The van der Waals surface area contributed by atoms with E-state index in [2.05, 4.69) is 0 Å². The van der Waals surface area contributed by atoms with Crippen molar-refractivity contribution >= 4 is 17.5 Å². The molecule has 0 aromatic heterocycles. The van der Waals surface area contributed by atoms with E-state index >= 15 is 0 Å². The lowest BCUT2D eigenvalue weighted by Gasteiger charge is -2.17. The molecule has 24 heavy (non-hydrogen) atoms. The van der Waals surface area contributed by atoms with E-state index in [1.807, 2.05) is 6.92 Å². The second-order valence-electron chi connectivity index (χ2n) is 6.14. The summed E-state index contributed by atoms with van der Waals surface area (Å²) in [6.07, 6.45) is 2.05. The molecule has 1 amide bonds. The molecule has 0 saturated heterocycles. The summed E-state index contributed by atoms with van der Waals surface area (Å²) in [5.41, 5.74) is 2.15. The van der Waals surface area contributed by atoms with Crippen LogP contribution in [-0.2, 0) is 0 Å². The van der Waals surface area contributed by atoms with E-state index in [0.29, 0.717) is 33.5 Å². The highest BCUT2D eigenvalue weighted by Gasteiger charge is 2.30. The minimum Gasteiger partial charge on any atom is -0.496 e. The third-order valence-electron chi connectivity index (χ3n) is 4.40. The molecule has 0 bridgehead atoms. The maximum absolute atomic E-state index is 14.4. The van der Waals surface area contributed by atoms with Gasteiger partial charge in [-0.25, -0.2) is 4.39 Å². The van der Waals surface area contributed by atoms with Gasteiger partial charge in [-0.05, 0) is 55.7 Å². The molecule has 0 spiro atoms. The Morgan fingerprint density at radius 1 is 1.25 bits per heavy atom. The van der Waals surface area contributed by atoms with Crippen molar-refractivity contribution in [2.75, 3.05) is 14.2 Å². The Balaban J connectivity index is 2.06. The normalized spacial score (nSPS) is 13.7. The van der Waals surface area contributed by atoms with Gasteiger partial charge in [0.15, 0.2) is 0 Å². The number of aryl methyl sites for hydroxylation is 1. The molecule has 1 aliphatic carbocycles. The molecular weight excluding hydrogens is 329 g/mol. The maximum Gasteiger partial charge on any atom is 0.253 e. The van der Waals surface area contributed by atoms with Crippen LogP contribution in [0.15, 0.2) is 30.3 Å². The van der Waals surface area contributed by atoms with Crippen LogP contribution in [0.2, 0.25) is 5.02 Å². The number of methoxy groups -OCH3 is 1. The van der Waals surface area contributed by atoms with Gasteiger partial charge in [-0.1, -0.05) is 11.6 Å². The van der Waals surface area contributed by atoms with E-state index < -0.39 is 5.82 Å². The fraction of sp³-hybridized carbons (Fsp3) is 0.316. The zero-order valence-corrected chi connectivity index (χ0v) is 14.7. The number of halogens is 2. The number of hydrogen-bond acceptors (Lipinski definition) is 2. The van der Waals surface area contributed by atoms with Crippen LogP contribution in [0.4, 0.5) is 4.39 Å². The summed E-state index contributed by atoms with van der Waals surface area (Å²) >= 11 is 6.19. The second-order valence-corrected chi connectivity index (χ2v) is 6.55. The first kappa shape index (κ1) is 16.8. The Morgan fingerprint density at radius 3 is 2.58 bits per heavy atom. The molecule has 0 N–H and O–H groups in total. The summed E-state index contributed by atoms with van der Waals surface area (Å²) in [6.45, 7) is 1.86. The Morgan fingerprint density at radius 2 is 1.96 bits per heavy atom. The first-order valence-corrected chi connectivity index (χ1v) is 8.21. The number of amides is 1. The monoisotopic (exact) mass is 347 g/mol. The van der Waals surface area contributed by atoms with Crippen molar-refractivity contribution in [3.8, 4) is 16.9 Å². The molecule has 0 unspecified atom stereocenters. The Bertz CT molecular complexity index is 802. The average molecular weight is 348 g/mol. The number of nitrogens with zero attached hydrogens (tertiary/aromatic N) is 1. The predicted molar refractivity (Wildman–Crippen MR) is 93.3 cm³/mol. The summed E-state index contributed by atoms with van der Waals surface area (Å²) in [6, 6.07) is 8.14. The fourth-order valence-corrected chi connectivity index (χ4v) is 2.89. The van der Waals surface area contributed by atoms with Gasteiger partial charge in [0.2, 0.25) is 0 Å². The smallest absolute Gasteiger partial charge is 0.253 e. The van der Waals surface area contributed by atoms with Crippen LogP contribution >= 0.6 is 11.6 Å². The summed E-state index contributed by atoms with van der Waals surface area (Å²) in [4.78, 5) is 14.3. The van der Waals surface area contributed by atoms with E-state index in [4.69, 9.17) is 16.3 Å². The topological polar surface area (TPSA) is 29.5 Å². The van der Waals surface area contributed by atoms with Crippen LogP contribution < -0.4 is 4.74 Å². The Labute approximate surface area is 146 Å². The zero-order valence-electron chi connectivity index (χ0n) is 13.9. The van der Waals surface area contributed by atoms with Gasteiger partial charge in [-0.15, -0.1) is 0 Å². The second kappa shape index (κ2) is 6.44. The summed E-state index contributed by atoms with van der Waals surface area (Å²) in [7, 11) is 3.31. The average Bonchev–Trinajstić information content (AvgIpc) is 3.41. The molecule has 0 aliphatic heterocycles. The standard InChI is InChI=1S/C19H19ClFNO2/c1-11-8-18(24-3)15(10-16(11)20)14-9-12(4-7-17(14)21)19(23)22(2)13-5-6-13/h4,7-10,13H,5-6H2,1-3H3. The molecular formula is C19H19ClFNO2. The van der Waals surface area contributed by atoms with Crippen molar-refractivity contribution in [2.24, 2.45) is 0 Å². The van der Waals surface area contributed by atoms with Gasteiger partial charge < -0.3 is 9.64 Å². The van der Waals surface area contributed by atoms with E-state index in [-0.39, 0.29) is 5.91 Å². The lowest BCUT2D eigenvalue weighted by Crippen LogP contribution is -2.28. The summed E-state index contributed by atoms with van der Waals surface area (Å²) in [5, 5.41) is 0.525. The first-order chi connectivity index (χ1) is 11.4. The molecule has 1 fully saturated rings. The molecule has 0 atom stereocenters.